The quantitative estimate of drug-likeness (QED) is 0.840. The average Bonchev–Trinajstić information content (AvgIpc) is 2.43. The van der Waals surface area contributed by atoms with Crippen LogP contribution in [-0.2, 0) is 0 Å². The first-order chi connectivity index (χ1) is 9.52. The molecule has 2 rings (SSSR count). The van der Waals surface area contributed by atoms with Crippen LogP contribution in [0.5, 0.6) is 5.75 Å². The third kappa shape index (κ3) is 3.28. The predicted molar refractivity (Wildman–Crippen MR) is 86.7 cm³/mol. The van der Waals surface area contributed by atoms with E-state index in [2.05, 4.69) is 45.1 Å². The molecule has 0 heterocycles. The number of hydrogen-bond acceptors (Lipinski definition) is 2. The molecule has 1 saturated carbocycles. The van der Waals surface area contributed by atoms with Gasteiger partial charge in [0.25, 0.3) is 0 Å². The van der Waals surface area contributed by atoms with Crippen LogP contribution in [0.3, 0.4) is 0 Å². The van der Waals surface area contributed by atoms with E-state index in [0.717, 1.165) is 17.6 Å². The molecule has 1 aromatic carbocycles. The molecule has 0 aliphatic heterocycles. The Labute approximate surface area is 123 Å². The fraction of sp³-hybridized carbons (Fsp3) is 0.667. The molecule has 0 radical (unpaired) electrons. The number of ether oxygens (including phenoxy) is 1. The molecule has 2 heteroatoms. The number of methoxy groups -OCH3 is 1. The SMILES string of the molecule is COc1c(C)ccc(NC2CCCC(C(C)C)C2)c1C. The molecule has 0 spiro atoms. The molecule has 112 valence electrons. The molecular weight excluding hydrogens is 246 g/mol. The topological polar surface area (TPSA) is 21.3 Å². The van der Waals surface area contributed by atoms with Crippen molar-refractivity contribution < 1.29 is 4.74 Å². The van der Waals surface area contributed by atoms with E-state index in [-0.39, 0.29) is 0 Å². The molecule has 20 heavy (non-hydrogen) atoms. The number of hydrogen-bond donors (Lipinski definition) is 1. The van der Waals surface area contributed by atoms with E-state index in [0.29, 0.717) is 6.04 Å². The summed E-state index contributed by atoms with van der Waals surface area (Å²) in [7, 11) is 1.76. The number of anilines is 1. The molecule has 0 amide bonds. The van der Waals surface area contributed by atoms with Gasteiger partial charge in [0.05, 0.1) is 7.11 Å². The second kappa shape index (κ2) is 6.51. The van der Waals surface area contributed by atoms with Gasteiger partial charge in [-0.2, -0.15) is 0 Å². The van der Waals surface area contributed by atoms with Crippen molar-refractivity contribution in [3.8, 4) is 5.75 Å². The summed E-state index contributed by atoms with van der Waals surface area (Å²) in [6.45, 7) is 8.96. The average molecular weight is 275 g/mol. The fourth-order valence-corrected chi connectivity index (χ4v) is 3.48. The maximum atomic E-state index is 5.52. The minimum Gasteiger partial charge on any atom is -0.496 e. The van der Waals surface area contributed by atoms with Crippen LogP contribution in [0.2, 0.25) is 0 Å². The highest BCUT2D eigenvalue weighted by Gasteiger charge is 2.24. The van der Waals surface area contributed by atoms with Gasteiger partial charge in [0.2, 0.25) is 0 Å². The molecule has 0 saturated heterocycles. The minimum atomic E-state index is 0.613. The number of benzene rings is 1. The lowest BCUT2D eigenvalue weighted by molar-refractivity contribution is 0.264. The molecule has 1 fully saturated rings. The smallest absolute Gasteiger partial charge is 0.126 e. The van der Waals surface area contributed by atoms with Crippen LogP contribution in [0.4, 0.5) is 5.69 Å². The summed E-state index contributed by atoms with van der Waals surface area (Å²) in [6.07, 6.45) is 5.33. The summed E-state index contributed by atoms with van der Waals surface area (Å²) in [5.74, 6) is 2.69. The van der Waals surface area contributed by atoms with E-state index in [4.69, 9.17) is 4.74 Å². The molecule has 1 N–H and O–H groups in total. The van der Waals surface area contributed by atoms with Gasteiger partial charge in [-0.15, -0.1) is 0 Å². The minimum absolute atomic E-state index is 0.613. The zero-order valence-corrected chi connectivity index (χ0v) is 13.6. The van der Waals surface area contributed by atoms with Gasteiger partial charge in [-0.05, 0) is 50.2 Å². The van der Waals surface area contributed by atoms with Crippen molar-refractivity contribution in [3.63, 3.8) is 0 Å². The fourth-order valence-electron chi connectivity index (χ4n) is 3.48. The maximum absolute atomic E-state index is 5.52. The van der Waals surface area contributed by atoms with Crippen LogP contribution in [-0.4, -0.2) is 13.2 Å². The summed E-state index contributed by atoms with van der Waals surface area (Å²) < 4.78 is 5.52. The van der Waals surface area contributed by atoms with Crippen LogP contribution in [0.1, 0.15) is 50.7 Å². The van der Waals surface area contributed by atoms with Crippen LogP contribution in [0, 0.1) is 25.7 Å². The first kappa shape index (κ1) is 15.2. The van der Waals surface area contributed by atoms with Crippen LogP contribution >= 0.6 is 0 Å². The Hall–Kier alpha value is -1.18. The van der Waals surface area contributed by atoms with E-state index in [9.17, 15) is 0 Å². The van der Waals surface area contributed by atoms with E-state index < -0.39 is 0 Å². The third-order valence-electron chi connectivity index (χ3n) is 4.82. The third-order valence-corrected chi connectivity index (χ3v) is 4.82. The first-order valence-electron chi connectivity index (χ1n) is 7.93. The Morgan fingerprint density at radius 1 is 1.20 bits per heavy atom. The molecular formula is C18H29NO. The molecule has 1 aromatic rings. The van der Waals surface area contributed by atoms with Crippen molar-refractivity contribution in [2.24, 2.45) is 11.8 Å². The Bertz CT molecular complexity index is 453. The number of nitrogens with one attached hydrogen (secondary N) is 1. The Kier molecular flexibility index (Phi) is 4.95. The van der Waals surface area contributed by atoms with E-state index in [1.165, 1.54) is 42.5 Å². The van der Waals surface area contributed by atoms with E-state index >= 15 is 0 Å². The Balaban J connectivity index is 2.10. The monoisotopic (exact) mass is 275 g/mol. The highest BCUT2D eigenvalue weighted by Crippen LogP contribution is 2.34. The van der Waals surface area contributed by atoms with E-state index in [1.54, 1.807) is 7.11 Å². The second-order valence-corrected chi connectivity index (χ2v) is 6.60. The predicted octanol–water partition coefficient (Wildman–Crippen LogP) is 4.94. The highest BCUT2D eigenvalue weighted by atomic mass is 16.5. The van der Waals surface area contributed by atoms with Gasteiger partial charge in [0, 0.05) is 17.3 Å². The van der Waals surface area contributed by atoms with Gasteiger partial charge in [0.1, 0.15) is 5.75 Å². The number of rotatable bonds is 4. The Morgan fingerprint density at radius 3 is 2.60 bits per heavy atom. The van der Waals surface area contributed by atoms with Crippen molar-refractivity contribution >= 4 is 5.69 Å². The summed E-state index contributed by atoms with van der Waals surface area (Å²) in [5.41, 5.74) is 3.68. The van der Waals surface area contributed by atoms with Crippen molar-refractivity contribution in [1.82, 2.24) is 0 Å². The zero-order chi connectivity index (χ0) is 14.7. The van der Waals surface area contributed by atoms with Crippen molar-refractivity contribution in [2.75, 3.05) is 12.4 Å². The van der Waals surface area contributed by atoms with Crippen molar-refractivity contribution in [1.29, 1.82) is 0 Å². The summed E-state index contributed by atoms with van der Waals surface area (Å²) in [6, 6.07) is 4.96. The van der Waals surface area contributed by atoms with Crippen LogP contribution in [0.25, 0.3) is 0 Å². The molecule has 1 aliphatic rings. The number of aryl methyl sites for hydroxylation is 1. The first-order valence-corrected chi connectivity index (χ1v) is 7.93. The lowest BCUT2D eigenvalue weighted by Gasteiger charge is -2.33. The summed E-state index contributed by atoms with van der Waals surface area (Å²) in [4.78, 5) is 0. The van der Waals surface area contributed by atoms with Gasteiger partial charge in [-0.3, -0.25) is 0 Å². The molecule has 2 nitrogen and oxygen atoms in total. The van der Waals surface area contributed by atoms with E-state index in [1.807, 2.05) is 0 Å². The normalized spacial score (nSPS) is 22.9. The van der Waals surface area contributed by atoms with Crippen molar-refractivity contribution in [2.45, 2.75) is 59.4 Å². The van der Waals surface area contributed by atoms with Gasteiger partial charge in [-0.1, -0.05) is 32.8 Å². The van der Waals surface area contributed by atoms with Gasteiger partial charge in [0.15, 0.2) is 0 Å². The van der Waals surface area contributed by atoms with Gasteiger partial charge < -0.3 is 10.1 Å². The molecule has 1 aliphatic carbocycles. The molecule has 2 atom stereocenters. The molecule has 2 unspecified atom stereocenters. The van der Waals surface area contributed by atoms with Gasteiger partial charge >= 0.3 is 0 Å². The van der Waals surface area contributed by atoms with Crippen molar-refractivity contribution in [3.05, 3.63) is 23.3 Å². The largest absolute Gasteiger partial charge is 0.496 e. The maximum Gasteiger partial charge on any atom is 0.126 e. The second-order valence-electron chi connectivity index (χ2n) is 6.60. The lowest BCUT2D eigenvalue weighted by atomic mass is 9.79. The van der Waals surface area contributed by atoms with Crippen LogP contribution < -0.4 is 10.1 Å². The zero-order valence-electron chi connectivity index (χ0n) is 13.6. The lowest BCUT2D eigenvalue weighted by Crippen LogP contribution is -2.29. The molecule has 0 aromatic heterocycles. The van der Waals surface area contributed by atoms with Gasteiger partial charge in [-0.25, -0.2) is 0 Å². The highest BCUT2D eigenvalue weighted by molar-refractivity contribution is 5.60. The summed E-state index contributed by atoms with van der Waals surface area (Å²) >= 11 is 0. The van der Waals surface area contributed by atoms with Crippen LogP contribution in [0.15, 0.2) is 12.1 Å². The summed E-state index contributed by atoms with van der Waals surface area (Å²) in [5, 5.41) is 3.76. The standard InChI is InChI=1S/C18H29NO/c1-12(2)15-7-6-8-16(11-15)19-17-10-9-13(3)18(20-5)14(17)4/h9-10,12,15-16,19H,6-8,11H2,1-5H3. The Morgan fingerprint density at radius 2 is 1.95 bits per heavy atom. The molecule has 0 bridgehead atoms.